The molecule has 238 valence electrons. The van der Waals surface area contributed by atoms with Gasteiger partial charge in [0.2, 0.25) is 0 Å². The predicted octanol–water partition coefficient (Wildman–Crippen LogP) is 4.09. The molecule has 0 unspecified atom stereocenters. The zero-order valence-electron chi connectivity index (χ0n) is 25.3. The van der Waals surface area contributed by atoms with Gasteiger partial charge in [-0.05, 0) is 72.0 Å². The molecule has 0 amide bonds. The molecule has 12 heteroatoms. The van der Waals surface area contributed by atoms with Crippen molar-refractivity contribution >= 4 is 34.1 Å². The second kappa shape index (κ2) is 20.4. The zero-order chi connectivity index (χ0) is 33.0. The van der Waals surface area contributed by atoms with Crippen LogP contribution in [0.5, 0.6) is 0 Å². The Bertz CT molecular complexity index is 1430. The third-order valence-corrected chi connectivity index (χ3v) is 6.16. The van der Waals surface area contributed by atoms with Gasteiger partial charge in [0.1, 0.15) is 0 Å². The molecule has 3 rings (SSSR count). The molecule has 0 aliphatic heterocycles. The second-order valence-electron chi connectivity index (χ2n) is 8.78. The van der Waals surface area contributed by atoms with E-state index in [1.807, 2.05) is 24.3 Å². The molecule has 0 aliphatic carbocycles. The molecular weight excluding hydrogens is 592 g/mol. The molecule has 1 N–H and O–H groups in total. The Balaban J connectivity index is 0.000000333. The summed E-state index contributed by atoms with van der Waals surface area (Å²) < 4.78 is 44.5. The van der Waals surface area contributed by atoms with Gasteiger partial charge in [0.05, 0.1) is 64.3 Å². The standard InChI is InChI=1S/C11H14O5S.C11H12O3.C10H12O3/c1-15-11(12)10-5-3-9(4-6-10)7-8-16-17(2,13)14;1-13-8-7-9-3-5-10(6-4-9)11(12)14-2;1-13-10(12)9-4-2-8(3-5-9)6-7-11/h3-6H,7-8H2,1-2H3;3-8H,1-2H3;2-5,11H,6-7H2,1H3/b;8-7+;. The fourth-order valence-electron chi connectivity index (χ4n) is 3.29. The monoisotopic (exact) mass is 630 g/mol. The SMILES string of the molecule is CO/C=C/c1ccc(C(=O)OC)cc1.COC(=O)c1ccc(CCO)cc1.COC(=O)c1ccc(CCOS(C)(=O)=O)cc1. The number of methoxy groups -OCH3 is 4. The van der Waals surface area contributed by atoms with E-state index in [2.05, 4.69) is 18.4 Å². The van der Waals surface area contributed by atoms with Crippen molar-refractivity contribution in [2.45, 2.75) is 12.8 Å². The Morgan fingerprint density at radius 1 is 0.659 bits per heavy atom. The van der Waals surface area contributed by atoms with Crippen molar-refractivity contribution in [1.29, 1.82) is 0 Å². The van der Waals surface area contributed by atoms with Gasteiger partial charge in [0.15, 0.2) is 0 Å². The van der Waals surface area contributed by atoms with Crippen molar-refractivity contribution in [3.05, 3.63) is 112 Å². The van der Waals surface area contributed by atoms with Gasteiger partial charge in [-0.2, -0.15) is 8.42 Å². The van der Waals surface area contributed by atoms with Gasteiger partial charge in [-0.3, -0.25) is 4.18 Å². The summed E-state index contributed by atoms with van der Waals surface area (Å²) in [6, 6.07) is 20.8. The smallest absolute Gasteiger partial charge is 0.337 e. The highest BCUT2D eigenvalue weighted by Crippen LogP contribution is 2.09. The van der Waals surface area contributed by atoms with Crippen LogP contribution in [0.15, 0.2) is 79.1 Å². The van der Waals surface area contributed by atoms with Crippen LogP contribution in [0.4, 0.5) is 0 Å². The lowest BCUT2D eigenvalue weighted by molar-refractivity contribution is 0.0592. The number of carbonyl (C=O) groups is 3. The summed E-state index contributed by atoms with van der Waals surface area (Å²) in [6.07, 6.45) is 5.47. The average molecular weight is 631 g/mol. The van der Waals surface area contributed by atoms with Crippen LogP contribution in [0.25, 0.3) is 6.08 Å². The molecule has 0 atom stereocenters. The second-order valence-corrected chi connectivity index (χ2v) is 10.4. The molecule has 0 fully saturated rings. The molecule has 0 aliphatic rings. The molecule has 0 saturated heterocycles. The first-order valence-corrected chi connectivity index (χ1v) is 15.0. The Kier molecular flexibility index (Phi) is 17.4. The Morgan fingerprint density at radius 2 is 1.05 bits per heavy atom. The number of rotatable bonds is 11. The van der Waals surface area contributed by atoms with Gasteiger partial charge in [-0.1, -0.05) is 36.4 Å². The van der Waals surface area contributed by atoms with Crippen LogP contribution in [0.2, 0.25) is 0 Å². The van der Waals surface area contributed by atoms with E-state index in [-0.39, 0.29) is 25.2 Å². The van der Waals surface area contributed by atoms with Crippen molar-refractivity contribution in [3.63, 3.8) is 0 Å². The van der Waals surface area contributed by atoms with Crippen LogP contribution in [0.3, 0.4) is 0 Å². The molecule has 3 aromatic rings. The van der Waals surface area contributed by atoms with Crippen molar-refractivity contribution in [1.82, 2.24) is 0 Å². The van der Waals surface area contributed by atoms with E-state index in [0.29, 0.717) is 29.5 Å². The summed E-state index contributed by atoms with van der Waals surface area (Å²) in [6.45, 7) is 0.216. The van der Waals surface area contributed by atoms with E-state index in [9.17, 15) is 22.8 Å². The van der Waals surface area contributed by atoms with Gasteiger partial charge < -0.3 is 24.1 Å². The van der Waals surface area contributed by atoms with Crippen molar-refractivity contribution < 1.29 is 51.0 Å². The van der Waals surface area contributed by atoms with Crippen LogP contribution in [-0.4, -0.2) is 79.3 Å². The lowest BCUT2D eigenvalue weighted by Gasteiger charge is -2.03. The van der Waals surface area contributed by atoms with Gasteiger partial charge >= 0.3 is 17.9 Å². The van der Waals surface area contributed by atoms with Gasteiger partial charge in [0.25, 0.3) is 10.1 Å². The maximum Gasteiger partial charge on any atom is 0.337 e. The molecule has 44 heavy (non-hydrogen) atoms. The summed E-state index contributed by atoms with van der Waals surface area (Å²) >= 11 is 0. The third kappa shape index (κ3) is 15.1. The van der Waals surface area contributed by atoms with Crippen molar-refractivity contribution in [3.8, 4) is 0 Å². The van der Waals surface area contributed by atoms with Crippen LogP contribution in [0, 0.1) is 0 Å². The number of hydrogen-bond acceptors (Lipinski definition) is 11. The first-order chi connectivity index (χ1) is 21.0. The number of ether oxygens (including phenoxy) is 4. The Hall–Kier alpha value is -4.52. The number of aliphatic hydroxyl groups excluding tert-OH is 1. The normalized spacial score (nSPS) is 10.4. The summed E-state index contributed by atoms with van der Waals surface area (Å²) in [7, 11) is 2.22. The minimum Gasteiger partial charge on any atom is -0.504 e. The maximum absolute atomic E-state index is 11.1. The quantitative estimate of drug-likeness (QED) is 0.141. The van der Waals surface area contributed by atoms with Gasteiger partial charge in [-0.25, -0.2) is 14.4 Å². The topological polar surface area (TPSA) is 152 Å². The van der Waals surface area contributed by atoms with Crippen molar-refractivity contribution in [2.24, 2.45) is 0 Å². The first-order valence-electron chi connectivity index (χ1n) is 13.1. The lowest BCUT2D eigenvalue weighted by atomic mass is 10.1. The molecule has 0 bridgehead atoms. The van der Waals surface area contributed by atoms with E-state index >= 15 is 0 Å². The Morgan fingerprint density at radius 3 is 1.39 bits per heavy atom. The highest BCUT2D eigenvalue weighted by molar-refractivity contribution is 7.85. The lowest BCUT2D eigenvalue weighted by Crippen LogP contribution is -2.06. The van der Waals surface area contributed by atoms with Gasteiger partial charge in [-0.15, -0.1) is 0 Å². The van der Waals surface area contributed by atoms with E-state index in [1.54, 1.807) is 68.0 Å². The van der Waals surface area contributed by atoms with Gasteiger partial charge in [0, 0.05) is 6.61 Å². The zero-order valence-corrected chi connectivity index (χ0v) is 26.2. The van der Waals surface area contributed by atoms with Crippen LogP contribution >= 0.6 is 0 Å². The van der Waals surface area contributed by atoms with Crippen LogP contribution < -0.4 is 0 Å². The minimum atomic E-state index is -3.39. The Labute approximate surface area is 258 Å². The van der Waals surface area contributed by atoms with E-state index in [4.69, 9.17) is 9.84 Å². The minimum absolute atomic E-state index is 0.0937. The molecule has 3 aromatic carbocycles. The average Bonchev–Trinajstić information content (AvgIpc) is 3.03. The maximum atomic E-state index is 11.1. The molecule has 0 heterocycles. The van der Waals surface area contributed by atoms with E-state index in [1.165, 1.54) is 21.3 Å². The number of esters is 3. The molecule has 0 spiro atoms. The molecule has 0 saturated carbocycles. The third-order valence-electron chi connectivity index (χ3n) is 5.57. The van der Waals surface area contributed by atoms with Crippen LogP contribution in [0.1, 0.15) is 47.8 Å². The number of benzene rings is 3. The van der Waals surface area contributed by atoms with E-state index in [0.717, 1.165) is 22.9 Å². The summed E-state index contributed by atoms with van der Waals surface area (Å²) in [5.74, 6) is -1.06. The largest absolute Gasteiger partial charge is 0.504 e. The number of carbonyl (C=O) groups excluding carboxylic acids is 3. The summed E-state index contributed by atoms with van der Waals surface area (Å²) in [5.41, 5.74) is 4.41. The number of aliphatic hydroxyl groups is 1. The molecule has 0 radical (unpaired) electrons. The van der Waals surface area contributed by atoms with E-state index < -0.39 is 16.1 Å². The van der Waals surface area contributed by atoms with Crippen molar-refractivity contribution in [2.75, 3.05) is 47.9 Å². The molecule has 0 aromatic heterocycles. The fraction of sp³-hybridized carbons (Fsp3) is 0.281. The predicted molar refractivity (Wildman–Crippen MR) is 165 cm³/mol. The first kappa shape index (κ1) is 37.5. The highest BCUT2D eigenvalue weighted by Gasteiger charge is 2.06. The molecule has 11 nitrogen and oxygen atoms in total. The van der Waals surface area contributed by atoms with Crippen LogP contribution in [-0.2, 0) is 46.1 Å². The summed E-state index contributed by atoms with van der Waals surface area (Å²) in [5, 5.41) is 8.65. The fourth-order valence-corrected chi connectivity index (χ4v) is 3.67. The highest BCUT2D eigenvalue weighted by atomic mass is 32.2. The summed E-state index contributed by atoms with van der Waals surface area (Å²) in [4.78, 5) is 33.2. The number of hydrogen-bond donors (Lipinski definition) is 1. The molecular formula is C32H38O11S.